The van der Waals surface area contributed by atoms with Crippen LogP contribution in [0.1, 0.15) is 59.8 Å². The molecule has 0 aromatic heterocycles. The van der Waals surface area contributed by atoms with E-state index < -0.39 is 0 Å². The standard InChI is InChI=1S/C17H34N4O/c1-5-18-16(19-11-7-10-17(2,3)4)20-12-8-14-21-13-6-9-15(21)22/h5-14H2,1-4H3,(H2,18,19,20). The second-order valence-electron chi connectivity index (χ2n) is 7.19. The highest BCUT2D eigenvalue weighted by atomic mass is 16.2. The molecule has 1 amide bonds. The topological polar surface area (TPSA) is 56.7 Å². The van der Waals surface area contributed by atoms with Gasteiger partial charge in [0.25, 0.3) is 0 Å². The molecule has 0 spiro atoms. The number of aliphatic imine (C=N–C) groups is 1. The van der Waals surface area contributed by atoms with Crippen molar-refractivity contribution >= 4 is 11.9 Å². The van der Waals surface area contributed by atoms with Crippen molar-refractivity contribution in [2.45, 2.75) is 59.8 Å². The number of carbonyl (C=O) groups excluding carboxylic acids is 1. The summed E-state index contributed by atoms with van der Waals surface area (Å²) in [6.07, 6.45) is 5.03. The zero-order chi connectivity index (χ0) is 16.4. The van der Waals surface area contributed by atoms with E-state index in [9.17, 15) is 4.79 Å². The molecule has 1 heterocycles. The van der Waals surface area contributed by atoms with Gasteiger partial charge < -0.3 is 15.5 Å². The Bertz CT molecular complexity index is 360. The molecule has 0 saturated carbocycles. The normalized spacial score (nSPS) is 16.3. The van der Waals surface area contributed by atoms with Crippen LogP contribution < -0.4 is 10.6 Å². The van der Waals surface area contributed by atoms with E-state index in [1.165, 1.54) is 6.42 Å². The number of likely N-dealkylation sites (tertiary alicyclic amines) is 1. The van der Waals surface area contributed by atoms with Crippen LogP contribution in [0.15, 0.2) is 4.99 Å². The van der Waals surface area contributed by atoms with Gasteiger partial charge in [0.1, 0.15) is 0 Å². The molecule has 0 aromatic carbocycles. The Balaban J connectivity index is 2.21. The summed E-state index contributed by atoms with van der Waals surface area (Å²) in [4.78, 5) is 18.1. The average molecular weight is 310 g/mol. The van der Waals surface area contributed by atoms with Crippen LogP contribution in [0.5, 0.6) is 0 Å². The van der Waals surface area contributed by atoms with Crippen LogP contribution in [0.25, 0.3) is 0 Å². The summed E-state index contributed by atoms with van der Waals surface area (Å²) in [6, 6.07) is 0. The fourth-order valence-electron chi connectivity index (χ4n) is 2.56. The maximum atomic E-state index is 11.5. The van der Waals surface area contributed by atoms with Gasteiger partial charge in [0.2, 0.25) is 5.91 Å². The maximum Gasteiger partial charge on any atom is 0.222 e. The van der Waals surface area contributed by atoms with E-state index in [1.54, 1.807) is 0 Å². The Kier molecular flexibility index (Phi) is 8.28. The molecular formula is C17H34N4O. The summed E-state index contributed by atoms with van der Waals surface area (Å²) in [6.45, 7) is 13.2. The molecule has 0 aromatic rings. The average Bonchev–Trinajstić information content (AvgIpc) is 2.84. The molecule has 1 aliphatic rings. The summed E-state index contributed by atoms with van der Waals surface area (Å²) >= 11 is 0. The van der Waals surface area contributed by atoms with Crippen molar-refractivity contribution in [2.75, 3.05) is 32.7 Å². The third kappa shape index (κ3) is 8.25. The Morgan fingerprint density at radius 1 is 1.27 bits per heavy atom. The lowest BCUT2D eigenvalue weighted by atomic mass is 9.91. The Morgan fingerprint density at radius 2 is 2.05 bits per heavy atom. The fraction of sp³-hybridized carbons (Fsp3) is 0.882. The lowest BCUT2D eigenvalue weighted by molar-refractivity contribution is -0.127. The maximum absolute atomic E-state index is 11.5. The minimum atomic E-state index is 0.302. The molecule has 128 valence electrons. The molecule has 22 heavy (non-hydrogen) atoms. The molecule has 1 aliphatic heterocycles. The van der Waals surface area contributed by atoms with Crippen LogP contribution in [-0.4, -0.2) is 49.5 Å². The minimum absolute atomic E-state index is 0.302. The van der Waals surface area contributed by atoms with Crippen LogP contribution in [0, 0.1) is 5.41 Å². The molecule has 0 atom stereocenters. The van der Waals surface area contributed by atoms with Gasteiger partial charge in [-0.2, -0.15) is 0 Å². The number of nitrogens with one attached hydrogen (secondary N) is 2. The number of hydrogen-bond acceptors (Lipinski definition) is 2. The molecule has 1 saturated heterocycles. The van der Waals surface area contributed by atoms with Gasteiger partial charge >= 0.3 is 0 Å². The van der Waals surface area contributed by atoms with E-state index in [-0.39, 0.29) is 0 Å². The van der Waals surface area contributed by atoms with Crippen molar-refractivity contribution in [3.8, 4) is 0 Å². The number of guanidine groups is 1. The van der Waals surface area contributed by atoms with Gasteiger partial charge in [-0.1, -0.05) is 20.8 Å². The molecule has 0 unspecified atom stereocenters. The molecule has 5 nitrogen and oxygen atoms in total. The second kappa shape index (κ2) is 9.70. The van der Waals surface area contributed by atoms with Crippen LogP contribution in [-0.2, 0) is 4.79 Å². The molecule has 1 fully saturated rings. The van der Waals surface area contributed by atoms with Crippen LogP contribution in [0.4, 0.5) is 0 Å². The first-order valence-corrected chi connectivity index (χ1v) is 8.72. The predicted octanol–water partition coefficient (Wildman–Crippen LogP) is 2.38. The number of amides is 1. The number of rotatable bonds is 8. The second-order valence-corrected chi connectivity index (χ2v) is 7.19. The van der Waals surface area contributed by atoms with Crippen molar-refractivity contribution in [3.05, 3.63) is 0 Å². The summed E-state index contributed by atoms with van der Waals surface area (Å²) in [5.41, 5.74) is 0.388. The van der Waals surface area contributed by atoms with Gasteiger partial charge in [0.15, 0.2) is 5.96 Å². The van der Waals surface area contributed by atoms with E-state index in [4.69, 9.17) is 0 Å². The third-order valence-corrected chi connectivity index (χ3v) is 3.77. The zero-order valence-corrected chi connectivity index (χ0v) is 14.9. The quantitative estimate of drug-likeness (QED) is 0.411. The molecule has 0 radical (unpaired) electrons. The summed E-state index contributed by atoms with van der Waals surface area (Å²) in [7, 11) is 0. The van der Waals surface area contributed by atoms with Crippen molar-refractivity contribution in [1.82, 2.24) is 15.5 Å². The van der Waals surface area contributed by atoms with E-state index in [1.807, 2.05) is 4.90 Å². The first-order chi connectivity index (χ1) is 10.4. The molecule has 1 rings (SSSR count). The van der Waals surface area contributed by atoms with Gasteiger partial charge in [-0.25, -0.2) is 0 Å². The van der Waals surface area contributed by atoms with Crippen LogP contribution in [0.2, 0.25) is 0 Å². The summed E-state index contributed by atoms with van der Waals surface area (Å²) in [5, 5.41) is 6.66. The van der Waals surface area contributed by atoms with E-state index >= 15 is 0 Å². The van der Waals surface area contributed by atoms with Gasteiger partial charge in [-0.15, -0.1) is 0 Å². The van der Waals surface area contributed by atoms with E-state index in [0.29, 0.717) is 11.3 Å². The van der Waals surface area contributed by atoms with Crippen LogP contribution >= 0.6 is 0 Å². The highest BCUT2D eigenvalue weighted by Crippen LogP contribution is 2.19. The molecule has 0 bridgehead atoms. The van der Waals surface area contributed by atoms with Gasteiger partial charge in [0.05, 0.1) is 0 Å². The Morgan fingerprint density at radius 3 is 2.64 bits per heavy atom. The highest BCUT2D eigenvalue weighted by Gasteiger charge is 2.18. The summed E-state index contributed by atoms with van der Waals surface area (Å²) in [5.74, 6) is 1.19. The third-order valence-electron chi connectivity index (χ3n) is 3.77. The highest BCUT2D eigenvalue weighted by molar-refractivity contribution is 5.79. The van der Waals surface area contributed by atoms with Gasteiger partial charge in [-0.05, 0) is 38.0 Å². The minimum Gasteiger partial charge on any atom is -0.357 e. The molecular weight excluding hydrogens is 276 g/mol. The fourth-order valence-corrected chi connectivity index (χ4v) is 2.56. The smallest absolute Gasteiger partial charge is 0.222 e. The predicted molar refractivity (Wildman–Crippen MR) is 93.1 cm³/mol. The monoisotopic (exact) mass is 310 g/mol. The SMILES string of the molecule is CCNC(=NCCCN1CCCC1=O)NCCCC(C)(C)C. The van der Waals surface area contributed by atoms with E-state index in [0.717, 1.165) is 64.4 Å². The van der Waals surface area contributed by atoms with Crippen molar-refractivity contribution in [3.63, 3.8) is 0 Å². The molecule has 0 aliphatic carbocycles. The number of nitrogens with zero attached hydrogens (tertiary/aromatic N) is 2. The first-order valence-electron chi connectivity index (χ1n) is 8.72. The largest absolute Gasteiger partial charge is 0.357 e. The zero-order valence-electron chi connectivity index (χ0n) is 14.9. The van der Waals surface area contributed by atoms with Crippen molar-refractivity contribution in [2.24, 2.45) is 10.4 Å². The van der Waals surface area contributed by atoms with Crippen molar-refractivity contribution in [1.29, 1.82) is 0 Å². The Labute approximate surface area is 135 Å². The number of hydrogen-bond donors (Lipinski definition) is 2. The first kappa shape index (κ1) is 18.8. The van der Waals surface area contributed by atoms with E-state index in [2.05, 4.69) is 43.3 Å². The van der Waals surface area contributed by atoms with Crippen molar-refractivity contribution < 1.29 is 4.79 Å². The number of carbonyl (C=O) groups is 1. The lowest BCUT2D eigenvalue weighted by Crippen LogP contribution is -2.38. The Hall–Kier alpha value is -1.26. The molecule has 2 N–H and O–H groups in total. The van der Waals surface area contributed by atoms with Gasteiger partial charge in [-0.3, -0.25) is 9.79 Å². The van der Waals surface area contributed by atoms with Gasteiger partial charge in [0, 0.05) is 39.1 Å². The molecule has 5 heteroatoms. The van der Waals surface area contributed by atoms with Crippen LogP contribution in [0.3, 0.4) is 0 Å². The lowest BCUT2D eigenvalue weighted by Gasteiger charge is -2.18. The summed E-state index contributed by atoms with van der Waals surface area (Å²) < 4.78 is 0.